The number of hydrogen-bond donors (Lipinski definition) is 2. The smallest absolute Gasteiger partial charge is 0.345 e. The number of halogens is 1. The largest absolute Gasteiger partial charge is 0.477 e. The Morgan fingerprint density at radius 2 is 1.95 bits per heavy atom. The molecule has 7 heteroatoms. The highest BCUT2D eigenvalue weighted by Gasteiger charge is 2.14. The minimum Gasteiger partial charge on any atom is -0.477 e. The van der Waals surface area contributed by atoms with E-state index in [1.807, 2.05) is 0 Å². The van der Waals surface area contributed by atoms with Gasteiger partial charge in [-0.15, -0.1) is 11.3 Å². The molecule has 5 nitrogen and oxygen atoms in total. The molecular formula is C13H7FN2O3S. The molecule has 0 spiro atoms. The number of aromatic carboxylic acids is 1. The first-order valence-corrected chi connectivity index (χ1v) is 6.17. The lowest BCUT2D eigenvalue weighted by Crippen LogP contribution is -2.11. The summed E-state index contributed by atoms with van der Waals surface area (Å²) in [6.07, 6.45) is 0. The quantitative estimate of drug-likeness (QED) is 0.909. The number of carbonyl (C=O) groups excluding carboxylic acids is 1. The molecule has 1 aromatic heterocycles. The number of carbonyl (C=O) groups is 2. The van der Waals surface area contributed by atoms with Crippen molar-refractivity contribution in [1.82, 2.24) is 0 Å². The molecule has 1 amide bonds. The number of anilines is 1. The average Bonchev–Trinajstić information content (AvgIpc) is 2.91. The number of nitrogens with one attached hydrogen (secondary N) is 1. The van der Waals surface area contributed by atoms with Crippen LogP contribution in [-0.4, -0.2) is 17.0 Å². The van der Waals surface area contributed by atoms with E-state index in [2.05, 4.69) is 5.32 Å². The van der Waals surface area contributed by atoms with Gasteiger partial charge in [-0.1, -0.05) is 0 Å². The van der Waals surface area contributed by atoms with Crippen molar-refractivity contribution in [3.8, 4) is 6.07 Å². The third kappa shape index (κ3) is 2.81. The predicted octanol–water partition coefficient (Wildman–Crippen LogP) is 2.71. The Labute approximate surface area is 116 Å². The van der Waals surface area contributed by atoms with Gasteiger partial charge in [0.2, 0.25) is 0 Å². The predicted molar refractivity (Wildman–Crippen MR) is 70.3 cm³/mol. The molecule has 0 atom stereocenters. The maximum Gasteiger partial charge on any atom is 0.345 e. The van der Waals surface area contributed by atoms with Gasteiger partial charge in [0.05, 0.1) is 22.2 Å². The number of carboxylic acids is 1. The lowest BCUT2D eigenvalue weighted by atomic mass is 10.2. The summed E-state index contributed by atoms with van der Waals surface area (Å²) >= 11 is 0.795. The summed E-state index contributed by atoms with van der Waals surface area (Å²) in [6.45, 7) is 0. The fourth-order valence-corrected chi connectivity index (χ4v) is 2.18. The summed E-state index contributed by atoms with van der Waals surface area (Å²) in [7, 11) is 0. The van der Waals surface area contributed by atoms with Crippen LogP contribution in [0.2, 0.25) is 0 Å². The highest BCUT2D eigenvalue weighted by atomic mass is 32.1. The summed E-state index contributed by atoms with van der Waals surface area (Å²) in [6, 6.07) is 8.09. The van der Waals surface area contributed by atoms with Gasteiger partial charge in [0.15, 0.2) is 0 Å². The second-order valence-electron chi connectivity index (χ2n) is 3.73. The van der Waals surface area contributed by atoms with E-state index in [4.69, 9.17) is 10.4 Å². The van der Waals surface area contributed by atoms with Crippen molar-refractivity contribution in [2.24, 2.45) is 0 Å². The molecule has 0 aliphatic carbocycles. The van der Waals surface area contributed by atoms with Crippen molar-refractivity contribution in [2.45, 2.75) is 0 Å². The molecule has 2 N–H and O–H groups in total. The van der Waals surface area contributed by atoms with Crippen LogP contribution in [0.1, 0.15) is 24.9 Å². The van der Waals surface area contributed by atoms with E-state index in [0.717, 1.165) is 17.4 Å². The zero-order chi connectivity index (χ0) is 14.7. The average molecular weight is 290 g/mol. The van der Waals surface area contributed by atoms with Crippen LogP contribution in [0.3, 0.4) is 0 Å². The molecule has 1 aromatic carbocycles. The number of carboxylic acid groups (broad SMARTS) is 1. The second-order valence-corrected chi connectivity index (χ2v) is 4.81. The van der Waals surface area contributed by atoms with E-state index < -0.39 is 17.7 Å². The van der Waals surface area contributed by atoms with Gasteiger partial charge in [-0.25, -0.2) is 9.18 Å². The molecule has 0 radical (unpaired) electrons. The summed E-state index contributed by atoms with van der Waals surface area (Å²) < 4.78 is 13.6. The van der Waals surface area contributed by atoms with Gasteiger partial charge in [-0.3, -0.25) is 4.79 Å². The number of hydrogen-bond acceptors (Lipinski definition) is 4. The number of amides is 1. The topological polar surface area (TPSA) is 90.2 Å². The molecule has 0 saturated carbocycles. The number of benzene rings is 1. The molecule has 0 fully saturated rings. The van der Waals surface area contributed by atoms with Crippen LogP contribution in [0.25, 0.3) is 0 Å². The molecular weight excluding hydrogens is 283 g/mol. The zero-order valence-electron chi connectivity index (χ0n) is 9.88. The van der Waals surface area contributed by atoms with E-state index in [9.17, 15) is 14.0 Å². The van der Waals surface area contributed by atoms with Crippen molar-refractivity contribution in [3.63, 3.8) is 0 Å². The van der Waals surface area contributed by atoms with Crippen LogP contribution in [0.4, 0.5) is 10.1 Å². The summed E-state index contributed by atoms with van der Waals surface area (Å²) in [5.41, 5.74) is 0.0732. The van der Waals surface area contributed by atoms with E-state index in [1.54, 1.807) is 6.07 Å². The van der Waals surface area contributed by atoms with E-state index in [0.29, 0.717) is 0 Å². The number of rotatable bonds is 3. The second kappa shape index (κ2) is 5.50. The van der Waals surface area contributed by atoms with Crippen LogP contribution < -0.4 is 5.32 Å². The van der Waals surface area contributed by atoms with Crippen LogP contribution in [0.15, 0.2) is 30.3 Å². The van der Waals surface area contributed by atoms with Crippen molar-refractivity contribution in [2.75, 3.05) is 5.32 Å². The Balaban J connectivity index is 2.19. The third-order valence-corrected chi connectivity index (χ3v) is 3.46. The molecule has 0 aliphatic heterocycles. The van der Waals surface area contributed by atoms with Gasteiger partial charge in [-0.2, -0.15) is 5.26 Å². The molecule has 0 saturated heterocycles. The molecule has 0 bridgehead atoms. The first-order valence-electron chi connectivity index (χ1n) is 5.35. The Kier molecular flexibility index (Phi) is 3.77. The monoisotopic (exact) mass is 290 g/mol. The minimum absolute atomic E-state index is 0.0236. The first-order chi connectivity index (χ1) is 9.51. The number of nitriles is 1. The normalized spacial score (nSPS) is 9.80. The van der Waals surface area contributed by atoms with Gasteiger partial charge >= 0.3 is 5.97 Å². The SMILES string of the molecule is N#Cc1ccc(NC(=O)c2ccc(C(=O)O)s2)c(F)c1. The number of nitrogens with zero attached hydrogens (tertiary/aromatic N) is 1. The minimum atomic E-state index is -1.13. The Morgan fingerprint density at radius 3 is 2.50 bits per heavy atom. The lowest BCUT2D eigenvalue weighted by molar-refractivity contribution is 0.0702. The van der Waals surface area contributed by atoms with Crippen molar-refractivity contribution in [1.29, 1.82) is 5.26 Å². The fourth-order valence-electron chi connectivity index (χ4n) is 1.44. The summed E-state index contributed by atoms with van der Waals surface area (Å²) in [5.74, 6) is -2.46. The fraction of sp³-hybridized carbons (Fsp3) is 0. The summed E-state index contributed by atoms with van der Waals surface area (Å²) in [4.78, 5) is 22.7. The van der Waals surface area contributed by atoms with Gasteiger partial charge in [0, 0.05) is 0 Å². The molecule has 0 aliphatic rings. The van der Waals surface area contributed by atoms with E-state index in [-0.39, 0.29) is 21.0 Å². The van der Waals surface area contributed by atoms with E-state index in [1.165, 1.54) is 24.3 Å². The van der Waals surface area contributed by atoms with Gasteiger partial charge < -0.3 is 10.4 Å². The third-order valence-electron chi connectivity index (χ3n) is 2.39. The maximum absolute atomic E-state index is 13.6. The van der Waals surface area contributed by atoms with Crippen LogP contribution >= 0.6 is 11.3 Å². The molecule has 1 heterocycles. The highest BCUT2D eigenvalue weighted by Crippen LogP contribution is 2.20. The number of thiophene rings is 1. The molecule has 2 aromatic rings. The van der Waals surface area contributed by atoms with Gasteiger partial charge in [-0.05, 0) is 30.3 Å². The van der Waals surface area contributed by atoms with Crippen molar-refractivity contribution >= 4 is 28.9 Å². The zero-order valence-corrected chi connectivity index (χ0v) is 10.7. The summed E-state index contributed by atoms with van der Waals surface area (Å²) in [5, 5.41) is 19.7. The van der Waals surface area contributed by atoms with Gasteiger partial charge in [0.25, 0.3) is 5.91 Å². The highest BCUT2D eigenvalue weighted by molar-refractivity contribution is 7.15. The van der Waals surface area contributed by atoms with Crippen LogP contribution in [-0.2, 0) is 0 Å². The molecule has 2 rings (SSSR count). The Morgan fingerprint density at radius 1 is 1.25 bits per heavy atom. The molecule has 100 valence electrons. The standard InChI is InChI=1S/C13H7FN2O3S/c14-8-5-7(6-15)1-2-9(8)16-12(17)10-3-4-11(20-10)13(18)19/h1-5H,(H,16,17)(H,18,19). The van der Waals surface area contributed by atoms with Crippen molar-refractivity contribution < 1.29 is 19.1 Å². The van der Waals surface area contributed by atoms with Gasteiger partial charge in [0.1, 0.15) is 10.7 Å². The van der Waals surface area contributed by atoms with Crippen molar-refractivity contribution in [3.05, 3.63) is 51.5 Å². The maximum atomic E-state index is 13.6. The Bertz CT molecular complexity index is 733. The van der Waals surface area contributed by atoms with E-state index >= 15 is 0 Å². The lowest BCUT2D eigenvalue weighted by Gasteiger charge is -2.04. The Hall–Kier alpha value is -2.72. The molecule has 20 heavy (non-hydrogen) atoms. The molecule has 0 unspecified atom stereocenters. The first kappa shape index (κ1) is 13.7. The van der Waals surface area contributed by atoms with Crippen LogP contribution in [0.5, 0.6) is 0 Å². The van der Waals surface area contributed by atoms with Crippen LogP contribution in [0, 0.1) is 17.1 Å².